The topological polar surface area (TPSA) is 147 Å². The summed E-state index contributed by atoms with van der Waals surface area (Å²) < 4.78 is 37.3. The summed E-state index contributed by atoms with van der Waals surface area (Å²) in [5.41, 5.74) is 1.47. The highest BCUT2D eigenvalue weighted by atomic mass is 35.5. The number of nitrogens with one attached hydrogen (secondary N) is 1. The molecular weight excluding hydrogens is 666 g/mol. The van der Waals surface area contributed by atoms with Gasteiger partial charge in [0.2, 0.25) is 10.0 Å². The standard InChI is InChI=1S/C36H44ClN5O6S/c1-22-6-4-15-36(45,34-38-32(19-43)39-41(34)3)29-11-8-26(29)18-42-20-35(14-5-7-24-16-27(37)10-12-28(24)35)21-48-31-13-9-25(17-30(31)42)33(44)40-49(46,47)23(22)2/h4,9-10,12-13,15-17,22-23,26,29,43,45H,5-8,11,14,18-21H2,1-3H3,(H,40,44)/b15-4+/t22-,23+,26-,29+,35-,36+/m0/s1. The number of halogens is 1. The number of ether oxygens (including phenoxy) is 1. The number of hydrogen-bond donors (Lipinski definition) is 3. The molecule has 49 heavy (non-hydrogen) atoms. The number of nitrogens with zero attached hydrogens (tertiary/aromatic N) is 4. The summed E-state index contributed by atoms with van der Waals surface area (Å²) in [5, 5.41) is 26.6. The third kappa shape index (κ3) is 6.04. The molecule has 3 aromatic rings. The largest absolute Gasteiger partial charge is 0.490 e. The van der Waals surface area contributed by atoms with Crippen LogP contribution in [0.1, 0.15) is 79.1 Å². The van der Waals surface area contributed by atoms with Crippen molar-refractivity contribution in [3.8, 4) is 5.75 Å². The zero-order chi connectivity index (χ0) is 34.7. The maximum Gasteiger partial charge on any atom is 0.264 e. The highest BCUT2D eigenvalue weighted by molar-refractivity contribution is 7.90. The van der Waals surface area contributed by atoms with E-state index < -0.39 is 26.8 Å². The number of aromatic nitrogens is 3. The minimum atomic E-state index is -4.04. The number of sulfonamides is 1. The first-order valence-corrected chi connectivity index (χ1v) is 19.0. The minimum absolute atomic E-state index is 0.0299. The molecule has 0 unspecified atom stereocenters. The van der Waals surface area contributed by atoms with Crippen molar-refractivity contribution < 1.29 is 28.2 Å². The molecule has 2 bridgehead atoms. The van der Waals surface area contributed by atoms with Crippen molar-refractivity contribution in [2.45, 2.75) is 75.2 Å². The van der Waals surface area contributed by atoms with Gasteiger partial charge in [-0.15, -0.1) is 0 Å². The first-order chi connectivity index (χ1) is 23.3. The third-order valence-corrected chi connectivity index (χ3v) is 13.6. The van der Waals surface area contributed by atoms with E-state index in [1.165, 1.54) is 15.8 Å². The van der Waals surface area contributed by atoms with Gasteiger partial charge in [0.05, 0.1) is 17.5 Å². The molecule has 1 spiro atoms. The average Bonchev–Trinajstić information content (AvgIpc) is 3.38. The molecule has 2 aliphatic carbocycles. The van der Waals surface area contributed by atoms with E-state index in [1.807, 2.05) is 25.1 Å². The van der Waals surface area contributed by atoms with Gasteiger partial charge in [-0.3, -0.25) is 4.79 Å². The highest BCUT2D eigenvalue weighted by Crippen LogP contribution is 2.50. The number of aliphatic hydroxyl groups is 2. The van der Waals surface area contributed by atoms with Crippen LogP contribution in [0.3, 0.4) is 0 Å². The number of rotatable bonds is 2. The van der Waals surface area contributed by atoms with Crippen LogP contribution in [0.5, 0.6) is 5.75 Å². The van der Waals surface area contributed by atoms with Crippen molar-refractivity contribution in [2.24, 2.45) is 24.8 Å². The molecule has 13 heteroatoms. The lowest BCUT2D eigenvalue weighted by atomic mass is 9.63. The Morgan fingerprint density at radius 3 is 2.71 bits per heavy atom. The van der Waals surface area contributed by atoms with E-state index in [9.17, 15) is 23.4 Å². The molecule has 1 saturated carbocycles. The molecule has 1 amide bonds. The molecule has 3 N–H and O–H groups in total. The molecule has 262 valence electrons. The molecule has 7 rings (SSSR count). The maximum atomic E-state index is 13.5. The molecule has 0 saturated heterocycles. The second-order valence-electron chi connectivity index (χ2n) is 14.5. The van der Waals surface area contributed by atoms with Crippen LogP contribution in [0, 0.1) is 17.8 Å². The van der Waals surface area contributed by atoms with Gasteiger partial charge in [0.25, 0.3) is 5.91 Å². The Morgan fingerprint density at radius 2 is 1.98 bits per heavy atom. The van der Waals surface area contributed by atoms with Crippen molar-refractivity contribution in [1.29, 1.82) is 0 Å². The van der Waals surface area contributed by atoms with E-state index in [0.29, 0.717) is 48.4 Å². The zero-order valence-corrected chi connectivity index (χ0v) is 29.7. The summed E-state index contributed by atoms with van der Waals surface area (Å²) in [5.74, 6) is -0.0941. The molecule has 2 aliphatic heterocycles. The van der Waals surface area contributed by atoms with Crippen molar-refractivity contribution >= 4 is 33.2 Å². The first kappa shape index (κ1) is 34.0. The molecule has 1 fully saturated rings. The smallest absolute Gasteiger partial charge is 0.264 e. The van der Waals surface area contributed by atoms with Gasteiger partial charge in [-0.05, 0) is 105 Å². The van der Waals surface area contributed by atoms with Gasteiger partial charge in [0, 0.05) is 42.1 Å². The summed E-state index contributed by atoms with van der Waals surface area (Å²) in [6, 6.07) is 11.2. The van der Waals surface area contributed by atoms with Crippen LogP contribution in [0.2, 0.25) is 5.02 Å². The number of aryl methyl sites for hydroxylation is 2. The summed E-state index contributed by atoms with van der Waals surface area (Å²) in [6.45, 7) is 4.63. The van der Waals surface area contributed by atoms with Crippen LogP contribution < -0.4 is 14.4 Å². The van der Waals surface area contributed by atoms with Crippen LogP contribution in [0.4, 0.5) is 5.69 Å². The Morgan fingerprint density at radius 1 is 1.16 bits per heavy atom. The Hall–Kier alpha value is -3.45. The number of anilines is 1. The van der Waals surface area contributed by atoms with Gasteiger partial charge in [-0.1, -0.05) is 30.7 Å². The van der Waals surface area contributed by atoms with E-state index >= 15 is 0 Å². The second kappa shape index (κ2) is 12.7. The van der Waals surface area contributed by atoms with E-state index in [0.717, 1.165) is 32.1 Å². The summed E-state index contributed by atoms with van der Waals surface area (Å²) >= 11 is 6.44. The summed E-state index contributed by atoms with van der Waals surface area (Å²) in [7, 11) is -2.33. The Kier molecular flexibility index (Phi) is 8.82. The number of carbonyl (C=O) groups excluding carboxylic acids is 1. The fourth-order valence-corrected chi connectivity index (χ4v) is 9.84. The minimum Gasteiger partial charge on any atom is -0.490 e. The van der Waals surface area contributed by atoms with Crippen LogP contribution in [0.25, 0.3) is 0 Å². The van der Waals surface area contributed by atoms with Crippen LogP contribution >= 0.6 is 11.6 Å². The number of amides is 1. The van der Waals surface area contributed by atoms with E-state index in [-0.39, 0.29) is 41.2 Å². The van der Waals surface area contributed by atoms with Gasteiger partial charge < -0.3 is 19.8 Å². The van der Waals surface area contributed by atoms with Crippen molar-refractivity contribution in [2.75, 3.05) is 24.6 Å². The zero-order valence-electron chi connectivity index (χ0n) is 28.1. The van der Waals surface area contributed by atoms with Gasteiger partial charge in [-0.2, -0.15) is 5.10 Å². The van der Waals surface area contributed by atoms with Crippen LogP contribution in [0.15, 0.2) is 48.6 Å². The van der Waals surface area contributed by atoms with E-state index in [4.69, 9.17) is 16.3 Å². The molecule has 4 aliphatic rings. The lowest BCUT2D eigenvalue weighted by molar-refractivity contribution is -0.0583. The number of allylic oxidation sites excluding steroid dienone is 1. The molecule has 3 heterocycles. The van der Waals surface area contributed by atoms with Crippen molar-refractivity contribution in [1.82, 2.24) is 19.5 Å². The normalized spacial score (nSPS) is 31.8. The average molecular weight is 710 g/mol. The van der Waals surface area contributed by atoms with Crippen LogP contribution in [-0.2, 0) is 41.1 Å². The van der Waals surface area contributed by atoms with Crippen molar-refractivity contribution in [3.63, 3.8) is 0 Å². The van der Waals surface area contributed by atoms with E-state index in [2.05, 4.69) is 25.8 Å². The Labute approximate surface area is 292 Å². The fraction of sp³-hybridized carbons (Fsp3) is 0.528. The SMILES string of the molecule is C[C@@H]1[C@@H](C)C/C=C/[C@](O)(c2nc(CO)nn2C)[C@@H]2CC[C@H]2CN2C[C@@]3(CCCc4cc(Cl)ccc43)COc3ccc(cc32)C(=O)NS1(=O)=O. The molecular formula is C36H44ClN5O6S. The number of aliphatic hydroxyl groups excluding tert-OH is 1. The summed E-state index contributed by atoms with van der Waals surface area (Å²) in [6.07, 6.45) is 8.29. The highest BCUT2D eigenvalue weighted by Gasteiger charge is 2.51. The quantitative estimate of drug-likeness (QED) is 0.330. The van der Waals surface area contributed by atoms with Gasteiger partial charge >= 0.3 is 0 Å². The predicted octanol–water partition coefficient (Wildman–Crippen LogP) is 4.39. The Bertz CT molecular complexity index is 1910. The number of carbonyl (C=O) groups is 1. The maximum absolute atomic E-state index is 13.5. The summed E-state index contributed by atoms with van der Waals surface area (Å²) in [4.78, 5) is 20.3. The molecule has 6 atom stereocenters. The molecule has 2 aromatic carbocycles. The molecule has 11 nitrogen and oxygen atoms in total. The molecule has 0 radical (unpaired) electrons. The second-order valence-corrected chi connectivity index (χ2v) is 17.0. The fourth-order valence-electron chi connectivity index (χ4n) is 8.36. The monoisotopic (exact) mass is 709 g/mol. The first-order valence-electron chi connectivity index (χ1n) is 17.1. The van der Waals surface area contributed by atoms with Gasteiger partial charge in [0.1, 0.15) is 18.0 Å². The lowest BCUT2D eigenvalue weighted by Crippen LogP contribution is -2.52. The number of fused-ring (bicyclic) bond motifs is 4. The molecule has 1 aromatic heterocycles. The van der Waals surface area contributed by atoms with E-state index in [1.54, 1.807) is 38.2 Å². The Balaban J connectivity index is 1.36. The predicted molar refractivity (Wildman–Crippen MR) is 186 cm³/mol. The van der Waals surface area contributed by atoms with Crippen LogP contribution in [-0.4, -0.2) is 64.2 Å². The van der Waals surface area contributed by atoms with Gasteiger partial charge in [-0.25, -0.2) is 22.8 Å². The number of benzene rings is 2. The third-order valence-electron chi connectivity index (χ3n) is 11.4. The number of hydrogen-bond acceptors (Lipinski definition) is 9. The van der Waals surface area contributed by atoms with Crippen molar-refractivity contribution in [3.05, 3.63) is 81.9 Å². The van der Waals surface area contributed by atoms with Gasteiger partial charge in [0.15, 0.2) is 11.6 Å². The lowest BCUT2D eigenvalue weighted by Gasteiger charge is -2.48.